The van der Waals surface area contributed by atoms with Crippen LogP contribution in [0.25, 0.3) is 0 Å². The summed E-state index contributed by atoms with van der Waals surface area (Å²) in [5.41, 5.74) is 0.00981. The van der Waals surface area contributed by atoms with Gasteiger partial charge in [0, 0.05) is 39.1 Å². The van der Waals surface area contributed by atoms with Gasteiger partial charge >= 0.3 is 0 Å². The number of nitrogens with zero attached hydrogens (tertiary/aromatic N) is 3. The predicted octanol–water partition coefficient (Wildman–Crippen LogP) is 0.307. The first-order valence-electron chi connectivity index (χ1n) is 6.08. The van der Waals surface area contributed by atoms with Gasteiger partial charge in [-0.1, -0.05) is 13.8 Å². The molecule has 1 aliphatic heterocycles. The van der Waals surface area contributed by atoms with Gasteiger partial charge in [-0.05, 0) is 5.92 Å². The van der Waals surface area contributed by atoms with Crippen LogP contribution in [0.15, 0.2) is 17.2 Å². The van der Waals surface area contributed by atoms with Crippen molar-refractivity contribution in [2.75, 3.05) is 25.0 Å². The smallest absolute Gasteiger partial charge is 0.293 e. The van der Waals surface area contributed by atoms with Crippen LogP contribution in [0, 0.1) is 5.92 Å². The largest absolute Gasteiger partial charge is 0.350 e. The van der Waals surface area contributed by atoms with E-state index in [-0.39, 0.29) is 5.56 Å². The Bertz CT molecular complexity index is 436. The van der Waals surface area contributed by atoms with Gasteiger partial charge in [-0.15, -0.1) is 0 Å². The maximum absolute atomic E-state index is 12.2. The standard InChI is InChI=1S/C12H20N4O/c1-9(2)8-16-5-4-14-11(12(16)17)15(3)10-6-13-7-10/h4-5,9-10,13H,6-8H2,1-3H3. The first-order chi connectivity index (χ1) is 8.09. The summed E-state index contributed by atoms with van der Waals surface area (Å²) in [6.07, 6.45) is 3.47. The zero-order valence-corrected chi connectivity index (χ0v) is 10.7. The average Bonchev–Trinajstić information content (AvgIpc) is 2.17. The summed E-state index contributed by atoms with van der Waals surface area (Å²) in [6.45, 7) is 6.80. The Morgan fingerprint density at radius 2 is 2.29 bits per heavy atom. The second kappa shape index (κ2) is 4.87. The summed E-state index contributed by atoms with van der Waals surface area (Å²) in [7, 11) is 1.94. The molecule has 0 aromatic carbocycles. The van der Waals surface area contributed by atoms with Gasteiger partial charge in [-0.2, -0.15) is 0 Å². The van der Waals surface area contributed by atoms with Crippen molar-refractivity contribution in [1.29, 1.82) is 0 Å². The zero-order valence-electron chi connectivity index (χ0n) is 10.7. The van der Waals surface area contributed by atoms with Crippen LogP contribution >= 0.6 is 0 Å². The quantitative estimate of drug-likeness (QED) is 0.817. The molecule has 1 N–H and O–H groups in total. The Morgan fingerprint density at radius 1 is 1.59 bits per heavy atom. The minimum absolute atomic E-state index is 0.00981. The lowest BCUT2D eigenvalue weighted by atomic mass is 10.1. The predicted molar refractivity (Wildman–Crippen MR) is 68.4 cm³/mol. The zero-order chi connectivity index (χ0) is 12.4. The van der Waals surface area contributed by atoms with Crippen LogP contribution in [-0.2, 0) is 6.54 Å². The Kier molecular flexibility index (Phi) is 3.47. The van der Waals surface area contributed by atoms with Gasteiger partial charge in [0.2, 0.25) is 0 Å². The summed E-state index contributed by atoms with van der Waals surface area (Å²) >= 11 is 0. The fraction of sp³-hybridized carbons (Fsp3) is 0.667. The Morgan fingerprint density at radius 3 is 2.82 bits per heavy atom. The third kappa shape index (κ3) is 2.49. The maximum Gasteiger partial charge on any atom is 0.293 e. The van der Waals surface area contributed by atoms with Crippen LogP contribution in [0.5, 0.6) is 0 Å². The molecular weight excluding hydrogens is 216 g/mol. The summed E-state index contributed by atoms with van der Waals surface area (Å²) in [5.74, 6) is 1.01. The molecule has 0 atom stereocenters. The summed E-state index contributed by atoms with van der Waals surface area (Å²) < 4.78 is 1.75. The SMILES string of the molecule is CC(C)Cn1ccnc(N(C)C2CNC2)c1=O. The number of nitrogens with one attached hydrogen (secondary N) is 1. The van der Waals surface area contributed by atoms with Crippen molar-refractivity contribution in [3.05, 3.63) is 22.7 Å². The van der Waals surface area contributed by atoms with Gasteiger partial charge in [-0.25, -0.2) is 4.98 Å². The van der Waals surface area contributed by atoms with Gasteiger partial charge in [0.05, 0.1) is 6.04 Å². The van der Waals surface area contributed by atoms with Crippen molar-refractivity contribution in [2.45, 2.75) is 26.4 Å². The molecule has 94 valence electrons. The lowest BCUT2D eigenvalue weighted by molar-refractivity contribution is 0.423. The molecule has 17 heavy (non-hydrogen) atoms. The van der Waals surface area contributed by atoms with Crippen molar-refractivity contribution in [3.63, 3.8) is 0 Å². The molecule has 2 heterocycles. The number of likely N-dealkylation sites (N-methyl/N-ethyl adjacent to an activating group) is 1. The molecule has 1 aromatic heterocycles. The van der Waals surface area contributed by atoms with E-state index in [1.54, 1.807) is 17.0 Å². The topological polar surface area (TPSA) is 50.2 Å². The van der Waals surface area contributed by atoms with Gasteiger partial charge in [0.1, 0.15) is 0 Å². The number of aromatic nitrogens is 2. The van der Waals surface area contributed by atoms with E-state index in [0.29, 0.717) is 17.8 Å². The maximum atomic E-state index is 12.2. The lowest BCUT2D eigenvalue weighted by Gasteiger charge is -2.36. The van der Waals surface area contributed by atoms with E-state index in [1.807, 2.05) is 11.9 Å². The molecule has 0 amide bonds. The van der Waals surface area contributed by atoms with E-state index >= 15 is 0 Å². The number of rotatable bonds is 4. The average molecular weight is 236 g/mol. The van der Waals surface area contributed by atoms with Gasteiger partial charge in [0.15, 0.2) is 5.82 Å². The highest BCUT2D eigenvalue weighted by molar-refractivity contribution is 5.37. The van der Waals surface area contributed by atoms with Crippen LogP contribution in [0.4, 0.5) is 5.82 Å². The first kappa shape index (κ1) is 12.1. The van der Waals surface area contributed by atoms with Crippen LogP contribution < -0.4 is 15.8 Å². The molecule has 2 rings (SSSR count). The monoisotopic (exact) mass is 236 g/mol. The molecule has 0 saturated carbocycles. The Hall–Kier alpha value is -1.36. The molecule has 0 radical (unpaired) electrons. The molecule has 5 nitrogen and oxygen atoms in total. The Labute approximate surface area is 101 Å². The first-order valence-corrected chi connectivity index (χ1v) is 6.08. The lowest BCUT2D eigenvalue weighted by Crippen LogP contribution is -2.57. The molecule has 1 saturated heterocycles. The summed E-state index contributed by atoms with van der Waals surface area (Å²) in [6, 6.07) is 0.394. The fourth-order valence-electron chi connectivity index (χ4n) is 1.94. The fourth-order valence-corrected chi connectivity index (χ4v) is 1.94. The minimum atomic E-state index is 0.00981. The highest BCUT2D eigenvalue weighted by Gasteiger charge is 2.24. The molecular formula is C12H20N4O. The number of anilines is 1. The highest BCUT2D eigenvalue weighted by atomic mass is 16.1. The van der Waals surface area contributed by atoms with Crippen molar-refractivity contribution >= 4 is 5.82 Å². The van der Waals surface area contributed by atoms with Gasteiger partial charge < -0.3 is 14.8 Å². The van der Waals surface area contributed by atoms with Crippen LogP contribution in [0.2, 0.25) is 0 Å². The van der Waals surface area contributed by atoms with E-state index in [4.69, 9.17) is 0 Å². The van der Waals surface area contributed by atoms with Crippen molar-refractivity contribution < 1.29 is 0 Å². The normalized spacial score (nSPS) is 16.0. The van der Waals surface area contributed by atoms with E-state index in [0.717, 1.165) is 19.6 Å². The summed E-state index contributed by atoms with van der Waals surface area (Å²) in [5, 5.41) is 3.20. The molecule has 1 aromatic rings. The van der Waals surface area contributed by atoms with Crippen molar-refractivity contribution in [3.8, 4) is 0 Å². The molecule has 1 aliphatic rings. The minimum Gasteiger partial charge on any atom is -0.350 e. The van der Waals surface area contributed by atoms with Crippen molar-refractivity contribution in [1.82, 2.24) is 14.9 Å². The third-order valence-electron chi connectivity index (χ3n) is 3.10. The van der Waals surface area contributed by atoms with Gasteiger partial charge in [0.25, 0.3) is 5.56 Å². The van der Waals surface area contributed by atoms with Crippen molar-refractivity contribution in [2.24, 2.45) is 5.92 Å². The van der Waals surface area contributed by atoms with Crippen LogP contribution in [-0.4, -0.2) is 35.7 Å². The van der Waals surface area contributed by atoms with E-state index in [2.05, 4.69) is 24.1 Å². The second-order valence-corrected chi connectivity index (χ2v) is 5.03. The molecule has 0 spiro atoms. The molecule has 0 aliphatic carbocycles. The molecule has 0 bridgehead atoms. The second-order valence-electron chi connectivity index (χ2n) is 5.03. The van der Waals surface area contributed by atoms with Crippen LogP contribution in [0.3, 0.4) is 0 Å². The number of hydrogen-bond donors (Lipinski definition) is 1. The van der Waals surface area contributed by atoms with Gasteiger partial charge in [-0.3, -0.25) is 4.79 Å². The van der Waals surface area contributed by atoms with E-state index in [9.17, 15) is 4.79 Å². The molecule has 5 heteroatoms. The van der Waals surface area contributed by atoms with E-state index < -0.39 is 0 Å². The summed E-state index contributed by atoms with van der Waals surface area (Å²) in [4.78, 5) is 18.4. The molecule has 0 unspecified atom stereocenters. The highest BCUT2D eigenvalue weighted by Crippen LogP contribution is 2.09. The van der Waals surface area contributed by atoms with E-state index in [1.165, 1.54) is 0 Å². The third-order valence-corrected chi connectivity index (χ3v) is 3.10. The Balaban J connectivity index is 2.25. The number of hydrogen-bond acceptors (Lipinski definition) is 4. The van der Waals surface area contributed by atoms with Crippen LogP contribution in [0.1, 0.15) is 13.8 Å². The molecule has 1 fully saturated rings.